The highest BCUT2D eigenvalue weighted by Gasteiger charge is 2.31. The predicted molar refractivity (Wildman–Crippen MR) is 76.7 cm³/mol. The van der Waals surface area contributed by atoms with Crippen LogP contribution in [0.15, 0.2) is 18.5 Å². The van der Waals surface area contributed by atoms with E-state index in [1.54, 1.807) is 0 Å². The summed E-state index contributed by atoms with van der Waals surface area (Å²) < 4.78 is 2.33. The van der Waals surface area contributed by atoms with E-state index in [-0.39, 0.29) is 0 Å². The van der Waals surface area contributed by atoms with Crippen molar-refractivity contribution in [3.05, 3.63) is 24.0 Å². The van der Waals surface area contributed by atoms with Crippen molar-refractivity contribution >= 4 is 0 Å². The molecule has 1 N–H and O–H groups in total. The van der Waals surface area contributed by atoms with Crippen LogP contribution in [0.3, 0.4) is 0 Å². The summed E-state index contributed by atoms with van der Waals surface area (Å²) in [6, 6.07) is 2.85. The van der Waals surface area contributed by atoms with Gasteiger partial charge in [-0.15, -0.1) is 0 Å². The van der Waals surface area contributed by atoms with Gasteiger partial charge in [0.1, 0.15) is 0 Å². The molecule has 3 nitrogen and oxygen atoms in total. The van der Waals surface area contributed by atoms with Crippen LogP contribution in [0.25, 0.3) is 0 Å². The molecule has 102 valence electrons. The smallest absolute Gasteiger partial charge is 0.0361 e. The lowest BCUT2D eigenvalue weighted by Gasteiger charge is -2.18. The SMILES string of the molecule is CCN(CC)CCn1ccc(C(NC)C2CC2)c1. The van der Waals surface area contributed by atoms with E-state index in [4.69, 9.17) is 0 Å². The van der Waals surface area contributed by atoms with Crippen molar-refractivity contribution in [3.8, 4) is 0 Å². The average Bonchev–Trinajstić information content (AvgIpc) is 3.11. The maximum absolute atomic E-state index is 3.46. The molecule has 1 aromatic rings. The quantitative estimate of drug-likeness (QED) is 0.764. The fourth-order valence-corrected chi connectivity index (χ4v) is 2.68. The van der Waals surface area contributed by atoms with Crippen LogP contribution in [0.1, 0.15) is 38.3 Å². The Morgan fingerprint density at radius 2 is 2.11 bits per heavy atom. The summed E-state index contributed by atoms with van der Waals surface area (Å²) in [5.41, 5.74) is 1.46. The summed E-state index contributed by atoms with van der Waals surface area (Å²) in [6.45, 7) is 9.00. The Morgan fingerprint density at radius 3 is 2.67 bits per heavy atom. The topological polar surface area (TPSA) is 20.2 Å². The Balaban J connectivity index is 1.89. The van der Waals surface area contributed by atoms with Gasteiger partial charge in [-0.1, -0.05) is 13.8 Å². The van der Waals surface area contributed by atoms with Crippen molar-refractivity contribution in [1.29, 1.82) is 0 Å². The monoisotopic (exact) mass is 249 g/mol. The Bertz CT molecular complexity index is 350. The van der Waals surface area contributed by atoms with Crippen molar-refractivity contribution in [2.45, 2.75) is 39.3 Å². The minimum Gasteiger partial charge on any atom is -0.353 e. The van der Waals surface area contributed by atoms with E-state index in [1.165, 1.54) is 18.4 Å². The Kier molecular flexibility index (Phi) is 4.84. The molecule has 1 aliphatic carbocycles. The normalized spacial score (nSPS) is 17.3. The van der Waals surface area contributed by atoms with Gasteiger partial charge in [-0.3, -0.25) is 0 Å². The molecule has 18 heavy (non-hydrogen) atoms. The molecule has 0 amide bonds. The van der Waals surface area contributed by atoms with Gasteiger partial charge in [-0.2, -0.15) is 0 Å². The molecule has 2 rings (SSSR count). The lowest BCUT2D eigenvalue weighted by atomic mass is 10.1. The minimum atomic E-state index is 0.569. The first-order valence-electron chi connectivity index (χ1n) is 7.33. The van der Waals surface area contributed by atoms with Gasteiger partial charge in [0.05, 0.1) is 0 Å². The molecule has 0 saturated heterocycles. The first-order valence-corrected chi connectivity index (χ1v) is 7.33. The van der Waals surface area contributed by atoms with E-state index >= 15 is 0 Å². The Hall–Kier alpha value is -0.800. The highest BCUT2D eigenvalue weighted by atomic mass is 15.1. The first-order chi connectivity index (χ1) is 8.78. The summed E-state index contributed by atoms with van der Waals surface area (Å²) in [7, 11) is 2.08. The van der Waals surface area contributed by atoms with Crippen LogP contribution in [-0.2, 0) is 6.54 Å². The molecule has 1 unspecified atom stereocenters. The molecule has 1 saturated carbocycles. The lowest BCUT2D eigenvalue weighted by molar-refractivity contribution is 0.290. The molecule has 1 aromatic heterocycles. The van der Waals surface area contributed by atoms with E-state index in [9.17, 15) is 0 Å². The number of nitrogens with one attached hydrogen (secondary N) is 1. The van der Waals surface area contributed by atoms with Gasteiger partial charge in [0.25, 0.3) is 0 Å². The summed E-state index contributed by atoms with van der Waals surface area (Å²) in [5, 5.41) is 3.46. The van der Waals surface area contributed by atoms with Crippen LogP contribution in [0, 0.1) is 5.92 Å². The zero-order valence-electron chi connectivity index (χ0n) is 12.0. The molecule has 0 aliphatic heterocycles. The average molecular weight is 249 g/mol. The molecular weight excluding hydrogens is 222 g/mol. The van der Waals surface area contributed by atoms with Crippen LogP contribution in [-0.4, -0.2) is 36.1 Å². The zero-order valence-corrected chi connectivity index (χ0v) is 12.0. The van der Waals surface area contributed by atoms with Crippen LogP contribution in [0.2, 0.25) is 0 Å². The van der Waals surface area contributed by atoms with Gasteiger partial charge in [-0.05, 0) is 50.5 Å². The fourth-order valence-electron chi connectivity index (χ4n) is 2.68. The van der Waals surface area contributed by atoms with Gasteiger partial charge in [0.15, 0.2) is 0 Å². The number of rotatable bonds is 8. The van der Waals surface area contributed by atoms with Crippen LogP contribution in [0.4, 0.5) is 0 Å². The third kappa shape index (κ3) is 3.36. The fraction of sp³-hybridized carbons (Fsp3) is 0.733. The summed E-state index contributed by atoms with van der Waals surface area (Å²) >= 11 is 0. The number of nitrogens with zero attached hydrogens (tertiary/aromatic N) is 2. The van der Waals surface area contributed by atoms with E-state index in [0.29, 0.717) is 6.04 Å². The molecule has 0 bridgehead atoms. The van der Waals surface area contributed by atoms with E-state index in [0.717, 1.165) is 32.1 Å². The zero-order chi connectivity index (χ0) is 13.0. The minimum absolute atomic E-state index is 0.569. The van der Waals surface area contributed by atoms with Crippen molar-refractivity contribution < 1.29 is 0 Å². The first kappa shape index (κ1) is 13.6. The third-order valence-corrected chi connectivity index (χ3v) is 4.11. The highest BCUT2D eigenvalue weighted by molar-refractivity contribution is 5.18. The second-order valence-electron chi connectivity index (χ2n) is 5.31. The number of hydrogen-bond donors (Lipinski definition) is 1. The maximum atomic E-state index is 3.46. The number of hydrogen-bond acceptors (Lipinski definition) is 2. The summed E-state index contributed by atoms with van der Waals surface area (Å²) in [4.78, 5) is 2.47. The van der Waals surface area contributed by atoms with Crippen molar-refractivity contribution in [2.24, 2.45) is 5.92 Å². The number of likely N-dealkylation sites (N-methyl/N-ethyl adjacent to an activating group) is 1. The standard InChI is InChI=1S/C15H27N3/c1-4-17(5-2)10-11-18-9-8-14(12-18)15(16-3)13-6-7-13/h8-9,12-13,15-16H,4-7,10-11H2,1-3H3. The van der Waals surface area contributed by atoms with Crippen molar-refractivity contribution in [1.82, 2.24) is 14.8 Å². The molecule has 0 spiro atoms. The van der Waals surface area contributed by atoms with Crippen molar-refractivity contribution in [3.63, 3.8) is 0 Å². The van der Waals surface area contributed by atoms with Gasteiger partial charge < -0.3 is 14.8 Å². The molecule has 0 aromatic carbocycles. The van der Waals surface area contributed by atoms with Gasteiger partial charge in [-0.25, -0.2) is 0 Å². The molecular formula is C15H27N3. The van der Waals surface area contributed by atoms with Crippen LogP contribution in [0.5, 0.6) is 0 Å². The van der Waals surface area contributed by atoms with E-state index in [2.05, 4.69) is 54.1 Å². The summed E-state index contributed by atoms with van der Waals surface area (Å²) in [6.07, 6.45) is 7.32. The summed E-state index contributed by atoms with van der Waals surface area (Å²) in [5.74, 6) is 0.869. The van der Waals surface area contributed by atoms with Gasteiger partial charge in [0, 0.05) is 31.5 Å². The third-order valence-electron chi connectivity index (χ3n) is 4.11. The lowest BCUT2D eigenvalue weighted by Crippen LogP contribution is -2.26. The van der Waals surface area contributed by atoms with E-state index < -0.39 is 0 Å². The largest absolute Gasteiger partial charge is 0.353 e. The molecule has 1 aliphatic rings. The van der Waals surface area contributed by atoms with Gasteiger partial charge >= 0.3 is 0 Å². The predicted octanol–water partition coefficient (Wildman–Crippen LogP) is 2.50. The molecule has 1 heterocycles. The molecule has 3 heteroatoms. The molecule has 1 fully saturated rings. The maximum Gasteiger partial charge on any atom is 0.0361 e. The van der Waals surface area contributed by atoms with Crippen LogP contribution < -0.4 is 5.32 Å². The molecule has 1 atom stereocenters. The second-order valence-corrected chi connectivity index (χ2v) is 5.31. The van der Waals surface area contributed by atoms with Crippen molar-refractivity contribution in [2.75, 3.05) is 26.7 Å². The van der Waals surface area contributed by atoms with Crippen LogP contribution >= 0.6 is 0 Å². The molecule has 0 radical (unpaired) electrons. The Labute approximate surface area is 111 Å². The number of aromatic nitrogens is 1. The van der Waals surface area contributed by atoms with E-state index in [1.807, 2.05) is 0 Å². The second kappa shape index (κ2) is 6.39. The van der Waals surface area contributed by atoms with Gasteiger partial charge in [0.2, 0.25) is 0 Å². The Morgan fingerprint density at radius 1 is 1.39 bits per heavy atom. The highest BCUT2D eigenvalue weighted by Crippen LogP contribution is 2.40.